The zero-order valence-electron chi connectivity index (χ0n) is 9.90. The Morgan fingerprint density at radius 1 is 1.40 bits per heavy atom. The van der Waals surface area contributed by atoms with Crippen LogP contribution in [0.5, 0.6) is 0 Å². The maximum absolute atomic E-state index is 12.8. The second-order valence-electron chi connectivity index (χ2n) is 4.50. The number of nitro groups is 1. The predicted octanol–water partition coefficient (Wildman–Crippen LogP) is 2.80. The number of halogens is 3. The van der Waals surface area contributed by atoms with Crippen molar-refractivity contribution in [3.8, 4) is 0 Å². The van der Waals surface area contributed by atoms with Crippen molar-refractivity contribution >= 4 is 17.3 Å². The molecule has 1 aromatic carbocycles. The number of benzene rings is 1. The lowest BCUT2D eigenvalue weighted by Gasteiger charge is -2.21. The number of rotatable bonds is 4. The van der Waals surface area contributed by atoms with Gasteiger partial charge >= 0.3 is 12.1 Å². The van der Waals surface area contributed by atoms with Crippen molar-refractivity contribution in [3.05, 3.63) is 33.9 Å². The van der Waals surface area contributed by atoms with E-state index in [0.29, 0.717) is 0 Å². The summed E-state index contributed by atoms with van der Waals surface area (Å²) in [6.45, 7) is 0. The lowest BCUT2D eigenvalue weighted by Crippen LogP contribution is -2.38. The van der Waals surface area contributed by atoms with E-state index in [2.05, 4.69) is 5.32 Å². The summed E-state index contributed by atoms with van der Waals surface area (Å²) in [6, 6.07) is 2.80. The topological polar surface area (TPSA) is 92.5 Å². The van der Waals surface area contributed by atoms with E-state index in [1.54, 1.807) is 0 Å². The van der Waals surface area contributed by atoms with Crippen LogP contribution in [0.3, 0.4) is 0 Å². The van der Waals surface area contributed by atoms with Gasteiger partial charge in [0.1, 0.15) is 11.1 Å². The van der Waals surface area contributed by atoms with Crippen LogP contribution in [0.2, 0.25) is 0 Å². The number of hydrogen-bond acceptors (Lipinski definition) is 4. The predicted molar refractivity (Wildman–Crippen MR) is 61.7 cm³/mol. The van der Waals surface area contributed by atoms with Crippen LogP contribution < -0.4 is 5.32 Å². The average Bonchev–Trinajstić information content (AvgIpc) is 3.08. The molecule has 0 heterocycles. The number of aromatic carboxylic acids is 1. The molecule has 1 saturated carbocycles. The standard InChI is InChI=1S/C11H9F3N2O4/c12-11(13,14)10(3-4-10)15-6-1-2-7(9(17)18)8(5-6)16(19)20/h1-2,5,15H,3-4H2,(H,17,18). The fraction of sp³-hybridized carbons (Fsp3) is 0.364. The Morgan fingerprint density at radius 3 is 2.40 bits per heavy atom. The van der Waals surface area contributed by atoms with E-state index in [1.165, 1.54) is 0 Å². The van der Waals surface area contributed by atoms with Crippen molar-refractivity contribution in [1.29, 1.82) is 0 Å². The molecule has 1 aromatic rings. The van der Waals surface area contributed by atoms with Crippen LogP contribution in [-0.2, 0) is 0 Å². The first-order chi connectivity index (χ1) is 9.16. The zero-order chi connectivity index (χ0) is 15.1. The fourth-order valence-electron chi connectivity index (χ4n) is 1.82. The molecule has 1 fully saturated rings. The molecule has 0 spiro atoms. The van der Waals surface area contributed by atoms with Crippen LogP contribution in [0, 0.1) is 10.1 Å². The van der Waals surface area contributed by atoms with Crippen LogP contribution in [0.4, 0.5) is 24.5 Å². The van der Waals surface area contributed by atoms with Crippen molar-refractivity contribution in [3.63, 3.8) is 0 Å². The molecule has 0 unspecified atom stereocenters. The Labute approximate surface area is 110 Å². The summed E-state index contributed by atoms with van der Waals surface area (Å²) < 4.78 is 38.3. The third kappa shape index (κ3) is 2.38. The molecule has 0 aliphatic heterocycles. The largest absolute Gasteiger partial charge is 0.477 e. The number of carboxylic acid groups (broad SMARTS) is 1. The van der Waals surface area contributed by atoms with Crippen LogP contribution in [-0.4, -0.2) is 27.7 Å². The highest BCUT2D eigenvalue weighted by Crippen LogP contribution is 2.51. The van der Waals surface area contributed by atoms with Crippen molar-refractivity contribution in [1.82, 2.24) is 0 Å². The molecule has 2 N–H and O–H groups in total. The molecule has 0 atom stereocenters. The minimum atomic E-state index is -4.47. The number of nitrogens with one attached hydrogen (secondary N) is 1. The van der Waals surface area contributed by atoms with Gasteiger partial charge in [0.15, 0.2) is 0 Å². The summed E-state index contributed by atoms with van der Waals surface area (Å²) in [4.78, 5) is 20.6. The molecule has 108 valence electrons. The van der Waals surface area contributed by atoms with E-state index in [4.69, 9.17) is 5.11 Å². The zero-order valence-corrected chi connectivity index (χ0v) is 9.90. The fourth-order valence-corrected chi connectivity index (χ4v) is 1.82. The number of anilines is 1. The van der Waals surface area contributed by atoms with Gasteiger partial charge in [-0.2, -0.15) is 13.2 Å². The van der Waals surface area contributed by atoms with E-state index in [1.807, 2.05) is 0 Å². The second kappa shape index (κ2) is 4.36. The summed E-state index contributed by atoms with van der Waals surface area (Å²) in [5.74, 6) is -1.51. The number of carbonyl (C=O) groups is 1. The first kappa shape index (κ1) is 14.1. The summed E-state index contributed by atoms with van der Waals surface area (Å²) in [7, 11) is 0. The van der Waals surface area contributed by atoms with E-state index < -0.39 is 33.9 Å². The molecule has 1 aliphatic carbocycles. The van der Waals surface area contributed by atoms with Gasteiger partial charge in [-0.25, -0.2) is 4.79 Å². The summed E-state index contributed by atoms with van der Waals surface area (Å²) in [6.07, 6.45) is -4.71. The Kier molecular flexibility index (Phi) is 3.07. The molecule has 0 amide bonds. The minimum Gasteiger partial charge on any atom is -0.477 e. The van der Waals surface area contributed by atoms with Gasteiger partial charge in [-0.05, 0) is 25.0 Å². The van der Waals surface area contributed by atoms with Crippen LogP contribution in [0.25, 0.3) is 0 Å². The van der Waals surface area contributed by atoms with Gasteiger partial charge in [0, 0.05) is 11.8 Å². The quantitative estimate of drug-likeness (QED) is 0.657. The first-order valence-corrected chi connectivity index (χ1v) is 5.53. The van der Waals surface area contributed by atoms with Crippen LogP contribution >= 0.6 is 0 Å². The van der Waals surface area contributed by atoms with Gasteiger partial charge in [0.25, 0.3) is 5.69 Å². The molecule has 9 heteroatoms. The van der Waals surface area contributed by atoms with Crippen LogP contribution in [0.15, 0.2) is 18.2 Å². The normalized spacial score (nSPS) is 16.6. The van der Waals surface area contributed by atoms with E-state index in [-0.39, 0.29) is 18.5 Å². The molecule has 0 radical (unpaired) electrons. The molecular formula is C11H9F3N2O4. The van der Waals surface area contributed by atoms with Gasteiger partial charge in [-0.1, -0.05) is 0 Å². The highest BCUT2D eigenvalue weighted by atomic mass is 19.4. The molecule has 0 bridgehead atoms. The van der Waals surface area contributed by atoms with Crippen LogP contribution in [0.1, 0.15) is 23.2 Å². The highest BCUT2D eigenvalue weighted by Gasteiger charge is 2.63. The maximum Gasteiger partial charge on any atom is 0.411 e. The monoisotopic (exact) mass is 290 g/mol. The lowest BCUT2D eigenvalue weighted by atomic mass is 10.1. The number of nitrogens with zero attached hydrogens (tertiary/aromatic N) is 1. The molecule has 1 aliphatic rings. The van der Waals surface area contributed by atoms with Gasteiger partial charge in [-0.3, -0.25) is 10.1 Å². The minimum absolute atomic E-state index is 0.120. The smallest absolute Gasteiger partial charge is 0.411 e. The number of carboxylic acids is 1. The Balaban J connectivity index is 2.34. The molecular weight excluding hydrogens is 281 g/mol. The molecule has 6 nitrogen and oxygen atoms in total. The summed E-state index contributed by atoms with van der Waals surface area (Å²) in [5.41, 5.74) is -3.51. The van der Waals surface area contributed by atoms with Crippen molar-refractivity contribution < 1.29 is 28.0 Å². The SMILES string of the molecule is O=C(O)c1ccc(NC2(C(F)(F)F)CC2)cc1[N+](=O)[O-]. The lowest BCUT2D eigenvalue weighted by molar-refractivity contribution is -0.385. The van der Waals surface area contributed by atoms with Crippen molar-refractivity contribution in [2.45, 2.75) is 24.6 Å². The Hall–Kier alpha value is -2.32. The first-order valence-electron chi connectivity index (χ1n) is 5.53. The number of hydrogen-bond donors (Lipinski definition) is 2. The van der Waals surface area contributed by atoms with E-state index >= 15 is 0 Å². The number of nitro benzene ring substituents is 1. The summed E-state index contributed by atoms with van der Waals surface area (Å²) >= 11 is 0. The van der Waals surface area contributed by atoms with Gasteiger partial charge < -0.3 is 10.4 Å². The van der Waals surface area contributed by atoms with Gasteiger partial charge in [-0.15, -0.1) is 0 Å². The molecule has 0 aromatic heterocycles. The molecule has 20 heavy (non-hydrogen) atoms. The second-order valence-corrected chi connectivity index (χ2v) is 4.50. The van der Waals surface area contributed by atoms with Gasteiger partial charge in [0.2, 0.25) is 0 Å². The Morgan fingerprint density at radius 2 is 2.00 bits per heavy atom. The highest BCUT2D eigenvalue weighted by molar-refractivity contribution is 5.93. The summed E-state index contributed by atoms with van der Waals surface area (Å²) in [5, 5.41) is 21.7. The van der Waals surface area contributed by atoms with Crippen molar-refractivity contribution in [2.24, 2.45) is 0 Å². The molecule has 0 saturated heterocycles. The van der Waals surface area contributed by atoms with Crippen molar-refractivity contribution in [2.75, 3.05) is 5.32 Å². The Bertz CT molecular complexity index is 582. The van der Waals surface area contributed by atoms with Gasteiger partial charge in [0.05, 0.1) is 4.92 Å². The number of alkyl halides is 3. The average molecular weight is 290 g/mol. The molecule has 2 rings (SSSR count). The third-order valence-corrected chi connectivity index (χ3v) is 3.10. The van der Waals surface area contributed by atoms with E-state index in [0.717, 1.165) is 18.2 Å². The third-order valence-electron chi connectivity index (χ3n) is 3.10. The maximum atomic E-state index is 12.8. The van der Waals surface area contributed by atoms with E-state index in [9.17, 15) is 28.1 Å².